The average Bonchev–Trinajstić information content (AvgIpc) is 3.10. The number of amides is 1. The van der Waals surface area contributed by atoms with Crippen molar-refractivity contribution >= 4 is 34.0 Å². The number of hydrogen-bond donors (Lipinski definition) is 1. The van der Waals surface area contributed by atoms with E-state index in [1.807, 2.05) is 0 Å². The Hall–Kier alpha value is -1.66. The highest BCUT2D eigenvalue weighted by Crippen LogP contribution is 2.61. The second kappa shape index (κ2) is 6.45. The summed E-state index contributed by atoms with van der Waals surface area (Å²) in [5.41, 5.74) is 0.597. The standard InChI is InChI=1S/C20H22ClN3O2S/c1-26-16-3-2-14(21)7-15(16)17(25)22-19-24-23-18(27-19)20-8-11-4-12(9-20)6-13(5-11)10-20/h2-3,7,11-13H,4-6,8-10H2,1H3,(H,22,24,25). The molecule has 0 aliphatic heterocycles. The van der Waals surface area contributed by atoms with Crippen LogP contribution in [0.15, 0.2) is 18.2 Å². The third-order valence-corrected chi connectivity index (χ3v) is 7.86. The van der Waals surface area contributed by atoms with Crippen LogP contribution < -0.4 is 10.1 Å². The first-order valence-corrected chi connectivity index (χ1v) is 10.7. The van der Waals surface area contributed by atoms with E-state index in [-0.39, 0.29) is 11.3 Å². The summed E-state index contributed by atoms with van der Waals surface area (Å²) >= 11 is 7.57. The minimum atomic E-state index is -0.275. The van der Waals surface area contributed by atoms with Gasteiger partial charge in [0.05, 0.1) is 12.7 Å². The van der Waals surface area contributed by atoms with Gasteiger partial charge in [-0.15, -0.1) is 10.2 Å². The molecule has 0 saturated heterocycles. The van der Waals surface area contributed by atoms with Crippen LogP contribution in [0.1, 0.15) is 53.9 Å². The second-order valence-electron chi connectivity index (χ2n) is 8.41. The molecule has 1 aromatic heterocycles. The molecule has 2 aromatic rings. The molecule has 0 spiro atoms. The number of methoxy groups -OCH3 is 1. The van der Waals surface area contributed by atoms with Gasteiger partial charge in [-0.2, -0.15) is 0 Å². The fourth-order valence-corrected chi connectivity index (χ4v) is 7.01. The van der Waals surface area contributed by atoms with E-state index in [1.165, 1.54) is 57.0 Å². The normalized spacial score (nSPS) is 31.1. The molecule has 1 N–H and O–H groups in total. The molecular weight excluding hydrogens is 382 g/mol. The molecule has 4 aliphatic carbocycles. The summed E-state index contributed by atoms with van der Waals surface area (Å²) in [5.74, 6) is 2.78. The number of halogens is 1. The zero-order chi connectivity index (χ0) is 18.6. The van der Waals surface area contributed by atoms with Crippen molar-refractivity contribution in [3.63, 3.8) is 0 Å². The summed E-state index contributed by atoms with van der Waals surface area (Å²) in [6, 6.07) is 5.00. The largest absolute Gasteiger partial charge is 0.496 e. The molecule has 0 radical (unpaired) electrons. The lowest BCUT2D eigenvalue weighted by Crippen LogP contribution is -2.48. The van der Waals surface area contributed by atoms with E-state index in [0.29, 0.717) is 21.5 Å². The lowest BCUT2D eigenvalue weighted by molar-refractivity contribution is -0.00555. The summed E-state index contributed by atoms with van der Waals surface area (Å²) in [6.07, 6.45) is 7.92. The number of nitrogens with one attached hydrogen (secondary N) is 1. The highest BCUT2D eigenvalue weighted by molar-refractivity contribution is 7.15. The molecule has 5 nitrogen and oxygen atoms in total. The van der Waals surface area contributed by atoms with E-state index in [1.54, 1.807) is 18.2 Å². The van der Waals surface area contributed by atoms with Gasteiger partial charge in [-0.05, 0) is 74.5 Å². The molecule has 0 unspecified atom stereocenters. The van der Waals surface area contributed by atoms with Gasteiger partial charge in [-0.3, -0.25) is 10.1 Å². The van der Waals surface area contributed by atoms with Gasteiger partial charge in [0.25, 0.3) is 5.91 Å². The smallest absolute Gasteiger partial charge is 0.261 e. The van der Waals surface area contributed by atoms with Gasteiger partial charge in [-0.1, -0.05) is 22.9 Å². The first-order valence-electron chi connectivity index (χ1n) is 9.53. The molecule has 4 bridgehead atoms. The Labute approximate surface area is 167 Å². The van der Waals surface area contributed by atoms with Gasteiger partial charge in [0.2, 0.25) is 5.13 Å². The molecule has 7 heteroatoms. The number of carbonyl (C=O) groups is 1. The molecular formula is C20H22ClN3O2S. The maximum absolute atomic E-state index is 12.7. The SMILES string of the molecule is COc1ccc(Cl)cc1C(=O)Nc1nnc(C23CC4CC(CC(C4)C2)C3)s1. The Balaban J connectivity index is 1.37. The van der Waals surface area contributed by atoms with Crippen LogP contribution in [0.3, 0.4) is 0 Å². The van der Waals surface area contributed by atoms with E-state index in [4.69, 9.17) is 16.3 Å². The molecule has 4 aliphatic rings. The van der Waals surface area contributed by atoms with Crippen LogP contribution in [-0.4, -0.2) is 23.2 Å². The minimum absolute atomic E-state index is 0.198. The van der Waals surface area contributed by atoms with Gasteiger partial charge >= 0.3 is 0 Å². The quantitative estimate of drug-likeness (QED) is 0.786. The molecule has 4 fully saturated rings. The number of aromatic nitrogens is 2. The molecule has 0 atom stereocenters. The minimum Gasteiger partial charge on any atom is -0.496 e. The van der Waals surface area contributed by atoms with Crippen LogP contribution in [-0.2, 0) is 5.41 Å². The van der Waals surface area contributed by atoms with Crippen molar-refractivity contribution in [2.45, 2.75) is 43.9 Å². The number of benzene rings is 1. The van der Waals surface area contributed by atoms with Crippen molar-refractivity contribution in [2.24, 2.45) is 17.8 Å². The molecule has 142 valence electrons. The zero-order valence-corrected chi connectivity index (χ0v) is 16.8. The molecule has 1 amide bonds. The first kappa shape index (κ1) is 17.4. The third kappa shape index (κ3) is 3.03. The predicted octanol–water partition coefficient (Wildman–Crippen LogP) is 4.92. The Morgan fingerprint density at radius 3 is 2.48 bits per heavy atom. The fraction of sp³-hybridized carbons (Fsp3) is 0.550. The highest BCUT2D eigenvalue weighted by Gasteiger charge is 2.53. The third-order valence-electron chi connectivity index (χ3n) is 6.54. The van der Waals surface area contributed by atoms with E-state index in [9.17, 15) is 4.79 Å². The topological polar surface area (TPSA) is 64.1 Å². The van der Waals surface area contributed by atoms with E-state index in [0.717, 1.165) is 22.8 Å². The average molecular weight is 404 g/mol. The zero-order valence-electron chi connectivity index (χ0n) is 15.2. The lowest BCUT2D eigenvalue weighted by atomic mass is 9.50. The van der Waals surface area contributed by atoms with Crippen LogP contribution in [0.4, 0.5) is 5.13 Å². The number of hydrogen-bond acceptors (Lipinski definition) is 5. The van der Waals surface area contributed by atoms with Crippen molar-refractivity contribution in [2.75, 3.05) is 12.4 Å². The van der Waals surface area contributed by atoms with Crippen LogP contribution in [0.2, 0.25) is 5.02 Å². The van der Waals surface area contributed by atoms with Crippen LogP contribution >= 0.6 is 22.9 Å². The van der Waals surface area contributed by atoms with Crippen LogP contribution in [0.5, 0.6) is 5.75 Å². The summed E-state index contributed by atoms with van der Waals surface area (Å²) in [6.45, 7) is 0. The van der Waals surface area contributed by atoms with Crippen molar-refractivity contribution < 1.29 is 9.53 Å². The lowest BCUT2D eigenvalue weighted by Gasteiger charge is -2.55. The molecule has 6 rings (SSSR count). The number of rotatable bonds is 4. The van der Waals surface area contributed by atoms with Crippen LogP contribution in [0.25, 0.3) is 0 Å². The number of carbonyl (C=O) groups excluding carboxylic acids is 1. The molecule has 4 saturated carbocycles. The predicted molar refractivity (Wildman–Crippen MR) is 106 cm³/mol. The van der Waals surface area contributed by atoms with E-state index in [2.05, 4.69) is 15.5 Å². The monoisotopic (exact) mass is 403 g/mol. The Bertz CT molecular complexity index is 862. The maximum Gasteiger partial charge on any atom is 0.261 e. The van der Waals surface area contributed by atoms with Gasteiger partial charge in [0.1, 0.15) is 10.8 Å². The summed E-state index contributed by atoms with van der Waals surface area (Å²) in [5, 5.41) is 13.8. The van der Waals surface area contributed by atoms with Crippen LogP contribution in [0, 0.1) is 17.8 Å². The number of anilines is 1. The Kier molecular flexibility index (Phi) is 4.17. The van der Waals surface area contributed by atoms with E-state index < -0.39 is 0 Å². The summed E-state index contributed by atoms with van der Waals surface area (Å²) < 4.78 is 5.28. The number of nitrogens with zero attached hydrogens (tertiary/aromatic N) is 2. The first-order chi connectivity index (χ1) is 13.0. The number of ether oxygens (including phenoxy) is 1. The maximum atomic E-state index is 12.7. The fourth-order valence-electron chi connectivity index (χ4n) is 5.88. The molecule has 1 aromatic carbocycles. The van der Waals surface area contributed by atoms with Crippen molar-refractivity contribution in [1.82, 2.24) is 10.2 Å². The summed E-state index contributed by atoms with van der Waals surface area (Å²) in [7, 11) is 1.54. The van der Waals surface area contributed by atoms with Crippen molar-refractivity contribution in [3.8, 4) is 5.75 Å². The van der Waals surface area contributed by atoms with Gasteiger partial charge in [0.15, 0.2) is 0 Å². The molecule has 27 heavy (non-hydrogen) atoms. The summed E-state index contributed by atoms with van der Waals surface area (Å²) in [4.78, 5) is 12.7. The van der Waals surface area contributed by atoms with Crippen molar-refractivity contribution in [3.05, 3.63) is 33.8 Å². The Morgan fingerprint density at radius 2 is 1.85 bits per heavy atom. The van der Waals surface area contributed by atoms with Gasteiger partial charge in [-0.25, -0.2) is 0 Å². The van der Waals surface area contributed by atoms with Gasteiger partial charge < -0.3 is 4.74 Å². The van der Waals surface area contributed by atoms with E-state index >= 15 is 0 Å². The second-order valence-corrected chi connectivity index (χ2v) is 9.82. The van der Waals surface area contributed by atoms with Gasteiger partial charge in [0, 0.05) is 10.4 Å². The highest BCUT2D eigenvalue weighted by atomic mass is 35.5. The molecule has 1 heterocycles. The Morgan fingerprint density at radius 1 is 1.19 bits per heavy atom. The van der Waals surface area contributed by atoms with Crippen molar-refractivity contribution in [1.29, 1.82) is 0 Å².